The van der Waals surface area contributed by atoms with Crippen molar-refractivity contribution in [2.24, 2.45) is 13.0 Å². The summed E-state index contributed by atoms with van der Waals surface area (Å²) >= 11 is 0. The Labute approximate surface area is 188 Å². The molecule has 0 spiro atoms. The third kappa shape index (κ3) is 4.35. The van der Waals surface area contributed by atoms with Crippen molar-refractivity contribution >= 4 is 11.7 Å². The topological polar surface area (TPSA) is 86.8 Å². The van der Waals surface area contributed by atoms with Crippen molar-refractivity contribution < 1.29 is 4.79 Å². The third-order valence-corrected chi connectivity index (χ3v) is 6.26. The van der Waals surface area contributed by atoms with Gasteiger partial charge in [0.05, 0.1) is 17.3 Å². The number of aromatic nitrogens is 3. The minimum absolute atomic E-state index is 0.0496. The fraction of sp³-hybridized carbons (Fsp3) is 0.360. The molecule has 164 valence electrons. The first-order valence-corrected chi connectivity index (χ1v) is 11.0. The van der Waals surface area contributed by atoms with E-state index in [1.165, 1.54) is 0 Å². The Balaban J connectivity index is 1.60. The summed E-state index contributed by atoms with van der Waals surface area (Å²) in [7, 11) is 1.89. The summed E-state index contributed by atoms with van der Waals surface area (Å²) < 4.78 is 1.80. The lowest BCUT2D eigenvalue weighted by Gasteiger charge is -2.40. The van der Waals surface area contributed by atoms with E-state index < -0.39 is 0 Å². The minimum Gasteiger partial charge on any atom is -0.368 e. The molecule has 2 aromatic heterocycles. The molecule has 1 amide bonds. The second kappa shape index (κ2) is 9.23. The summed E-state index contributed by atoms with van der Waals surface area (Å²) in [6.45, 7) is 5.56. The smallest absolute Gasteiger partial charge is 0.254 e. The zero-order valence-electron chi connectivity index (χ0n) is 18.7. The second-order valence-corrected chi connectivity index (χ2v) is 8.50. The molecule has 1 aromatic carbocycles. The van der Waals surface area contributed by atoms with Gasteiger partial charge in [0.15, 0.2) is 0 Å². The van der Waals surface area contributed by atoms with Crippen molar-refractivity contribution in [2.45, 2.75) is 32.7 Å². The number of nitrogens with one attached hydrogen (secondary N) is 1. The quantitative estimate of drug-likeness (QED) is 0.663. The number of rotatable bonds is 5. The van der Waals surface area contributed by atoms with Gasteiger partial charge in [-0.05, 0) is 49.9 Å². The summed E-state index contributed by atoms with van der Waals surface area (Å²) in [5.74, 6) is 1.12. The second-order valence-electron chi connectivity index (χ2n) is 8.50. The van der Waals surface area contributed by atoms with Crippen LogP contribution < -0.4 is 5.32 Å². The number of piperidine rings is 1. The van der Waals surface area contributed by atoms with Gasteiger partial charge in [-0.3, -0.25) is 9.48 Å². The normalized spacial score (nSPS) is 18.2. The van der Waals surface area contributed by atoms with Crippen LogP contribution in [0.5, 0.6) is 0 Å². The molecule has 1 fully saturated rings. The van der Waals surface area contributed by atoms with Gasteiger partial charge in [-0.15, -0.1) is 0 Å². The van der Waals surface area contributed by atoms with E-state index in [9.17, 15) is 4.79 Å². The van der Waals surface area contributed by atoms with Crippen LogP contribution in [0.3, 0.4) is 0 Å². The lowest BCUT2D eigenvalue weighted by atomic mass is 9.89. The first-order chi connectivity index (χ1) is 15.5. The highest BCUT2D eigenvalue weighted by atomic mass is 16.2. The number of nitrogens with zero attached hydrogens (tertiary/aromatic N) is 5. The Bertz CT molecular complexity index is 1140. The fourth-order valence-corrected chi connectivity index (χ4v) is 4.44. The minimum atomic E-state index is 0.0496. The molecule has 0 radical (unpaired) electrons. The van der Waals surface area contributed by atoms with Gasteiger partial charge in [0, 0.05) is 43.7 Å². The Morgan fingerprint density at radius 1 is 1.28 bits per heavy atom. The highest BCUT2D eigenvalue weighted by molar-refractivity contribution is 6.01. The van der Waals surface area contributed by atoms with Crippen LogP contribution in [0.2, 0.25) is 0 Å². The van der Waals surface area contributed by atoms with Crippen LogP contribution in [-0.2, 0) is 7.05 Å². The molecular weight excluding hydrogens is 400 g/mol. The number of likely N-dealkylation sites (tertiary alicyclic amines) is 1. The molecule has 0 aliphatic carbocycles. The van der Waals surface area contributed by atoms with Gasteiger partial charge >= 0.3 is 0 Å². The van der Waals surface area contributed by atoms with E-state index in [2.05, 4.69) is 28.4 Å². The zero-order valence-corrected chi connectivity index (χ0v) is 18.7. The molecule has 1 saturated heterocycles. The molecule has 3 heterocycles. The lowest BCUT2D eigenvalue weighted by Crippen LogP contribution is -2.51. The first-order valence-electron chi connectivity index (χ1n) is 11.0. The highest BCUT2D eigenvalue weighted by Gasteiger charge is 2.33. The molecule has 1 N–H and O–H groups in total. The molecular formula is C25H28N6O. The number of pyridine rings is 1. The van der Waals surface area contributed by atoms with Gasteiger partial charge in [0.1, 0.15) is 11.9 Å². The summed E-state index contributed by atoms with van der Waals surface area (Å²) in [6, 6.07) is 13.7. The number of benzene rings is 1. The molecule has 0 bridgehead atoms. The summed E-state index contributed by atoms with van der Waals surface area (Å²) in [4.78, 5) is 20.2. The van der Waals surface area contributed by atoms with Gasteiger partial charge in [-0.25, -0.2) is 4.98 Å². The SMILES string of the molecule is Cc1ccc(-c2ccnn2C)c(C(=O)N2CCC[C@@H](C)C2CNc2ccc(C#N)cn2)c1. The fourth-order valence-electron chi connectivity index (χ4n) is 4.44. The predicted molar refractivity (Wildman–Crippen MR) is 124 cm³/mol. The number of amides is 1. The van der Waals surface area contributed by atoms with E-state index in [1.54, 1.807) is 29.2 Å². The average molecular weight is 429 g/mol. The number of hydrogen-bond acceptors (Lipinski definition) is 5. The maximum atomic E-state index is 13.8. The van der Waals surface area contributed by atoms with E-state index in [0.29, 0.717) is 29.4 Å². The van der Waals surface area contributed by atoms with Crippen molar-refractivity contribution in [3.63, 3.8) is 0 Å². The zero-order chi connectivity index (χ0) is 22.7. The molecule has 3 aromatic rings. The van der Waals surface area contributed by atoms with E-state index in [4.69, 9.17) is 5.26 Å². The monoisotopic (exact) mass is 428 g/mol. The van der Waals surface area contributed by atoms with Gasteiger partial charge < -0.3 is 10.2 Å². The van der Waals surface area contributed by atoms with Crippen molar-refractivity contribution in [3.8, 4) is 17.3 Å². The van der Waals surface area contributed by atoms with Crippen LogP contribution in [0.4, 0.5) is 5.82 Å². The van der Waals surface area contributed by atoms with Crippen molar-refractivity contribution in [1.82, 2.24) is 19.7 Å². The van der Waals surface area contributed by atoms with E-state index in [1.807, 2.05) is 43.1 Å². The maximum absolute atomic E-state index is 13.8. The average Bonchev–Trinajstić information content (AvgIpc) is 3.23. The van der Waals surface area contributed by atoms with Gasteiger partial charge in [0.2, 0.25) is 0 Å². The third-order valence-electron chi connectivity index (χ3n) is 6.26. The number of nitriles is 1. The van der Waals surface area contributed by atoms with Gasteiger partial charge in [-0.2, -0.15) is 10.4 Å². The van der Waals surface area contributed by atoms with Gasteiger partial charge in [-0.1, -0.05) is 24.6 Å². The maximum Gasteiger partial charge on any atom is 0.254 e. The number of aryl methyl sites for hydroxylation is 2. The van der Waals surface area contributed by atoms with Crippen molar-refractivity contribution in [1.29, 1.82) is 5.26 Å². The molecule has 0 saturated carbocycles. The Kier molecular flexibility index (Phi) is 6.22. The van der Waals surface area contributed by atoms with Crippen LogP contribution in [0.25, 0.3) is 11.3 Å². The van der Waals surface area contributed by atoms with Crippen LogP contribution in [0.15, 0.2) is 48.8 Å². The summed E-state index contributed by atoms with van der Waals surface area (Å²) in [6.07, 6.45) is 5.39. The molecule has 1 aliphatic heterocycles. The van der Waals surface area contributed by atoms with Crippen LogP contribution in [-0.4, -0.2) is 44.7 Å². The van der Waals surface area contributed by atoms with Crippen molar-refractivity contribution in [2.75, 3.05) is 18.4 Å². The van der Waals surface area contributed by atoms with E-state index >= 15 is 0 Å². The molecule has 4 rings (SSSR count). The van der Waals surface area contributed by atoms with Crippen LogP contribution >= 0.6 is 0 Å². The molecule has 1 aliphatic rings. The first kappa shape index (κ1) is 21.6. The van der Waals surface area contributed by atoms with E-state index in [0.717, 1.165) is 36.2 Å². The Hall–Kier alpha value is -3.66. The molecule has 7 heteroatoms. The van der Waals surface area contributed by atoms with Crippen LogP contribution in [0.1, 0.15) is 41.3 Å². The standard InChI is InChI=1S/C25H28N6O/c1-17-6-8-20(22-10-11-29-30(22)3)21(13-17)25(32)31-12-4-5-18(2)23(31)16-28-24-9-7-19(14-26)15-27-24/h6-11,13,15,18,23H,4-5,12,16H2,1-3H3,(H,27,28)/t18-,23?/m1/s1. The number of hydrogen-bond donors (Lipinski definition) is 1. The Morgan fingerprint density at radius 2 is 2.12 bits per heavy atom. The van der Waals surface area contributed by atoms with Crippen LogP contribution in [0, 0.1) is 24.2 Å². The number of carbonyl (C=O) groups excluding carboxylic acids is 1. The molecule has 7 nitrogen and oxygen atoms in total. The molecule has 2 atom stereocenters. The molecule has 32 heavy (non-hydrogen) atoms. The number of anilines is 1. The summed E-state index contributed by atoms with van der Waals surface area (Å²) in [5.41, 5.74) is 4.12. The molecule has 1 unspecified atom stereocenters. The highest BCUT2D eigenvalue weighted by Crippen LogP contribution is 2.30. The Morgan fingerprint density at radius 3 is 2.81 bits per heavy atom. The lowest BCUT2D eigenvalue weighted by molar-refractivity contribution is 0.0540. The predicted octanol–water partition coefficient (Wildman–Crippen LogP) is 4.02. The van der Waals surface area contributed by atoms with Crippen molar-refractivity contribution in [3.05, 3.63) is 65.5 Å². The largest absolute Gasteiger partial charge is 0.368 e. The van der Waals surface area contributed by atoms with Gasteiger partial charge in [0.25, 0.3) is 5.91 Å². The summed E-state index contributed by atoms with van der Waals surface area (Å²) in [5, 5.41) is 16.6. The van der Waals surface area contributed by atoms with E-state index in [-0.39, 0.29) is 11.9 Å². The number of carbonyl (C=O) groups is 1.